The van der Waals surface area contributed by atoms with E-state index in [9.17, 15) is 13.2 Å². The van der Waals surface area contributed by atoms with Gasteiger partial charge < -0.3 is 5.32 Å². The molecule has 1 N–H and O–H groups in total. The molecule has 0 saturated heterocycles. The van der Waals surface area contributed by atoms with Crippen LogP contribution in [0.5, 0.6) is 0 Å². The summed E-state index contributed by atoms with van der Waals surface area (Å²) in [6.07, 6.45) is -4.38. The lowest BCUT2D eigenvalue weighted by Gasteiger charge is -2.12. The maximum Gasteiger partial charge on any atom is 0.416 e. The molecule has 100 valence electrons. The molecule has 19 heavy (non-hydrogen) atoms. The second-order valence-electron chi connectivity index (χ2n) is 3.89. The van der Waals surface area contributed by atoms with Crippen LogP contribution in [-0.4, -0.2) is 10.2 Å². The van der Waals surface area contributed by atoms with E-state index in [4.69, 9.17) is 11.6 Å². The molecule has 2 aromatic rings. The number of hydrogen-bond acceptors (Lipinski definition) is 3. The first-order valence-corrected chi connectivity index (χ1v) is 5.68. The van der Waals surface area contributed by atoms with Crippen molar-refractivity contribution in [3.63, 3.8) is 0 Å². The number of aromatic nitrogens is 2. The Hall–Kier alpha value is -1.82. The molecule has 1 aromatic carbocycles. The van der Waals surface area contributed by atoms with Gasteiger partial charge in [0.2, 0.25) is 0 Å². The van der Waals surface area contributed by atoms with Crippen LogP contribution in [0.3, 0.4) is 0 Å². The number of anilines is 2. The number of nitrogens with zero attached hydrogens (tertiary/aromatic N) is 2. The molecule has 0 radical (unpaired) electrons. The first-order chi connectivity index (χ1) is 8.86. The van der Waals surface area contributed by atoms with Gasteiger partial charge in [-0.2, -0.15) is 13.2 Å². The van der Waals surface area contributed by atoms with Crippen molar-refractivity contribution < 1.29 is 13.2 Å². The van der Waals surface area contributed by atoms with Gasteiger partial charge in [0.15, 0.2) is 11.0 Å². The summed E-state index contributed by atoms with van der Waals surface area (Å²) in [4.78, 5) is 0. The van der Waals surface area contributed by atoms with Crippen molar-refractivity contribution in [1.29, 1.82) is 0 Å². The van der Waals surface area contributed by atoms with E-state index in [0.717, 1.165) is 6.07 Å². The second kappa shape index (κ2) is 5.05. The summed E-state index contributed by atoms with van der Waals surface area (Å²) in [7, 11) is 0. The normalized spacial score (nSPS) is 11.4. The zero-order chi connectivity index (χ0) is 14.0. The Morgan fingerprint density at radius 3 is 2.42 bits per heavy atom. The lowest BCUT2D eigenvalue weighted by atomic mass is 10.1. The molecule has 0 bridgehead atoms. The highest BCUT2D eigenvalue weighted by molar-refractivity contribution is 6.29. The van der Waals surface area contributed by atoms with Gasteiger partial charge >= 0.3 is 6.18 Å². The van der Waals surface area contributed by atoms with Crippen molar-refractivity contribution in [3.8, 4) is 0 Å². The van der Waals surface area contributed by atoms with Gasteiger partial charge in [0.05, 0.1) is 5.56 Å². The number of benzene rings is 1. The SMILES string of the molecule is Cc1ccc(Nc2ccc(Cl)nn2)cc1C(F)(F)F. The number of halogens is 4. The number of rotatable bonds is 2. The van der Waals surface area contributed by atoms with Crippen LogP contribution in [0, 0.1) is 6.92 Å². The Kier molecular flexibility index (Phi) is 3.61. The predicted octanol–water partition coefficient (Wildman–Crippen LogP) is 4.20. The molecule has 0 spiro atoms. The summed E-state index contributed by atoms with van der Waals surface area (Å²) in [6, 6.07) is 7.00. The van der Waals surface area contributed by atoms with E-state index in [0.29, 0.717) is 5.82 Å². The van der Waals surface area contributed by atoms with Gasteiger partial charge in [0, 0.05) is 5.69 Å². The standard InChI is InChI=1S/C12H9ClF3N3/c1-7-2-3-8(6-9(7)12(14,15)16)17-11-5-4-10(13)18-19-11/h2-6H,1H3,(H,17,19). The molecule has 0 fully saturated rings. The fourth-order valence-corrected chi connectivity index (χ4v) is 1.64. The second-order valence-corrected chi connectivity index (χ2v) is 4.28. The van der Waals surface area contributed by atoms with Gasteiger partial charge in [-0.25, -0.2) is 0 Å². The average Bonchev–Trinajstić information content (AvgIpc) is 2.33. The third-order valence-corrected chi connectivity index (χ3v) is 2.65. The van der Waals surface area contributed by atoms with Gasteiger partial charge in [-0.15, -0.1) is 10.2 Å². The minimum Gasteiger partial charge on any atom is -0.339 e. The minimum absolute atomic E-state index is 0.167. The van der Waals surface area contributed by atoms with Crippen molar-refractivity contribution >= 4 is 23.1 Å². The molecule has 0 saturated carbocycles. The fraction of sp³-hybridized carbons (Fsp3) is 0.167. The summed E-state index contributed by atoms with van der Waals surface area (Å²) in [6.45, 7) is 1.41. The zero-order valence-corrected chi connectivity index (χ0v) is 10.5. The van der Waals surface area contributed by atoms with Crippen molar-refractivity contribution in [2.75, 3.05) is 5.32 Å². The molecule has 0 aliphatic heterocycles. The number of alkyl halides is 3. The number of nitrogens with one attached hydrogen (secondary N) is 1. The van der Waals surface area contributed by atoms with Crippen LogP contribution < -0.4 is 5.32 Å². The Balaban J connectivity index is 2.29. The highest BCUT2D eigenvalue weighted by atomic mass is 35.5. The third-order valence-electron chi connectivity index (χ3n) is 2.45. The topological polar surface area (TPSA) is 37.8 Å². The Bertz CT molecular complexity index is 582. The molecule has 1 heterocycles. The summed E-state index contributed by atoms with van der Waals surface area (Å²) in [5, 5.41) is 10.3. The van der Waals surface area contributed by atoms with Crippen LogP contribution in [0.4, 0.5) is 24.7 Å². The van der Waals surface area contributed by atoms with Gasteiger partial charge in [-0.1, -0.05) is 17.7 Å². The number of aryl methyl sites for hydroxylation is 1. The number of hydrogen-bond donors (Lipinski definition) is 1. The Morgan fingerprint density at radius 1 is 1.11 bits per heavy atom. The zero-order valence-electron chi connectivity index (χ0n) is 9.79. The van der Waals surface area contributed by atoms with E-state index < -0.39 is 11.7 Å². The van der Waals surface area contributed by atoms with Crippen molar-refractivity contribution in [1.82, 2.24) is 10.2 Å². The first kappa shape index (κ1) is 13.6. The van der Waals surface area contributed by atoms with E-state index in [-0.39, 0.29) is 16.4 Å². The maximum absolute atomic E-state index is 12.7. The van der Waals surface area contributed by atoms with Gasteiger partial charge in [0.1, 0.15) is 0 Å². The molecule has 3 nitrogen and oxygen atoms in total. The maximum atomic E-state index is 12.7. The molecule has 0 atom stereocenters. The van der Waals surface area contributed by atoms with Gasteiger partial charge in [-0.3, -0.25) is 0 Å². The van der Waals surface area contributed by atoms with E-state index in [1.54, 1.807) is 6.07 Å². The predicted molar refractivity (Wildman–Crippen MR) is 66.5 cm³/mol. The summed E-state index contributed by atoms with van der Waals surface area (Å²) in [5.74, 6) is 0.321. The Morgan fingerprint density at radius 2 is 1.84 bits per heavy atom. The van der Waals surface area contributed by atoms with Crippen molar-refractivity contribution in [2.45, 2.75) is 13.1 Å². The van der Waals surface area contributed by atoms with Crippen LogP contribution in [0.2, 0.25) is 5.15 Å². The molecule has 0 unspecified atom stereocenters. The molecule has 7 heteroatoms. The van der Waals surface area contributed by atoms with E-state index in [1.807, 2.05) is 0 Å². The van der Waals surface area contributed by atoms with Crippen LogP contribution >= 0.6 is 11.6 Å². The highest BCUT2D eigenvalue weighted by Crippen LogP contribution is 2.33. The van der Waals surface area contributed by atoms with Crippen LogP contribution in [0.15, 0.2) is 30.3 Å². The van der Waals surface area contributed by atoms with Crippen molar-refractivity contribution in [3.05, 3.63) is 46.6 Å². The largest absolute Gasteiger partial charge is 0.416 e. The fourth-order valence-electron chi connectivity index (χ4n) is 1.54. The van der Waals surface area contributed by atoms with Gasteiger partial charge in [-0.05, 0) is 36.8 Å². The Labute approximate surface area is 112 Å². The van der Waals surface area contributed by atoms with Crippen LogP contribution in [0.1, 0.15) is 11.1 Å². The molecule has 0 amide bonds. The average molecular weight is 288 g/mol. The van der Waals surface area contributed by atoms with Crippen LogP contribution in [-0.2, 0) is 6.18 Å². The first-order valence-electron chi connectivity index (χ1n) is 5.30. The summed E-state index contributed by atoms with van der Waals surface area (Å²) in [5.41, 5.74) is -0.228. The molecule has 1 aromatic heterocycles. The van der Waals surface area contributed by atoms with E-state index >= 15 is 0 Å². The molecule has 2 rings (SSSR count). The summed E-state index contributed by atoms with van der Waals surface area (Å²) < 4.78 is 38.2. The molecule has 0 aliphatic carbocycles. The molecular weight excluding hydrogens is 279 g/mol. The highest BCUT2D eigenvalue weighted by Gasteiger charge is 2.32. The lowest BCUT2D eigenvalue weighted by Crippen LogP contribution is -2.08. The third kappa shape index (κ3) is 3.35. The van der Waals surface area contributed by atoms with E-state index in [1.165, 1.54) is 25.1 Å². The van der Waals surface area contributed by atoms with Gasteiger partial charge in [0.25, 0.3) is 0 Å². The molecular formula is C12H9ClF3N3. The smallest absolute Gasteiger partial charge is 0.339 e. The monoisotopic (exact) mass is 287 g/mol. The summed E-state index contributed by atoms with van der Waals surface area (Å²) >= 11 is 5.57. The molecule has 0 aliphatic rings. The quantitative estimate of drug-likeness (QED) is 0.899. The van der Waals surface area contributed by atoms with E-state index in [2.05, 4.69) is 15.5 Å². The lowest BCUT2D eigenvalue weighted by molar-refractivity contribution is -0.138. The van der Waals surface area contributed by atoms with Crippen molar-refractivity contribution in [2.24, 2.45) is 0 Å². The minimum atomic E-state index is -4.38. The van der Waals surface area contributed by atoms with Crippen LogP contribution in [0.25, 0.3) is 0 Å².